The molecule has 1 aromatic heterocycles. The molecule has 0 saturated carbocycles. The van der Waals surface area contributed by atoms with E-state index < -0.39 is 5.97 Å². The van der Waals surface area contributed by atoms with Gasteiger partial charge in [0, 0.05) is 11.5 Å². The monoisotopic (exact) mass is 516 g/mol. The van der Waals surface area contributed by atoms with E-state index in [4.69, 9.17) is 18.6 Å². The normalized spacial score (nSPS) is 13.4. The van der Waals surface area contributed by atoms with Gasteiger partial charge in [-0.25, -0.2) is 4.79 Å². The van der Waals surface area contributed by atoms with Crippen LogP contribution in [0.2, 0.25) is 0 Å². The Morgan fingerprint density at radius 3 is 2.38 bits per heavy atom. The number of esters is 1. The minimum absolute atomic E-state index is 0.209. The third-order valence-corrected chi connectivity index (χ3v) is 6.52. The van der Waals surface area contributed by atoms with Crippen molar-refractivity contribution in [3.8, 4) is 28.4 Å². The van der Waals surface area contributed by atoms with Gasteiger partial charge in [0.15, 0.2) is 5.76 Å². The fourth-order valence-corrected chi connectivity index (χ4v) is 4.65. The number of allylic oxidation sites excluding steroid dienone is 1. The first-order chi connectivity index (χ1) is 19.0. The van der Waals surface area contributed by atoms with E-state index in [9.17, 15) is 9.59 Å². The molecule has 5 aromatic rings. The summed E-state index contributed by atoms with van der Waals surface area (Å²) in [5.41, 5.74) is 4.34. The maximum absolute atomic E-state index is 13.1. The fourth-order valence-electron chi connectivity index (χ4n) is 4.65. The number of Topliss-reactive ketones (excluding diaryl/α,β-unsaturated/α-hetero) is 1. The standard InChI is InChI=1S/C33H24O6/c1-3-36-24-14-16-28-27(18-24)31(20(2)37-28)33(35)38-25-13-15-26-29(19-25)39-30(32(26)34)17-21-9-11-23(12-10-21)22-7-5-4-6-8-22/h4-19H,3H2,1-2H3/b30-17-. The highest BCUT2D eigenvalue weighted by Gasteiger charge is 2.28. The molecule has 0 unspecified atom stereocenters. The van der Waals surface area contributed by atoms with Crippen molar-refractivity contribution in [1.29, 1.82) is 0 Å². The number of fused-ring (bicyclic) bond motifs is 2. The number of aryl methyl sites for hydroxylation is 1. The zero-order chi connectivity index (χ0) is 26.9. The van der Waals surface area contributed by atoms with Crippen LogP contribution in [0.25, 0.3) is 28.2 Å². The van der Waals surface area contributed by atoms with Gasteiger partial charge in [0.2, 0.25) is 5.78 Å². The van der Waals surface area contributed by atoms with Gasteiger partial charge in [0.25, 0.3) is 0 Å². The number of carbonyl (C=O) groups excluding carboxylic acids is 2. The van der Waals surface area contributed by atoms with Gasteiger partial charge < -0.3 is 18.6 Å². The number of furan rings is 1. The predicted octanol–water partition coefficient (Wildman–Crippen LogP) is 7.64. The molecule has 4 aromatic carbocycles. The van der Waals surface area contributed by atoms with E-state index in [2.05, 4.69) is 0 Å². The third-order valence-electron chi connectivity index (χ3n) is 6.52. The summed E-state index contributed by atoms with van der Waals surface area (Å²) in [4.78, 5) is 26.1. The van der Waals surface area contributed by atoms with Crippen LogP contribution in [-0.2, 0) is 0 Å². The topological polar surface area (TPSA) is 75.0 Å². The molecule has 0 amide bonds. The Morgan fingerprint density at radius 2 is 1.62 bits per heavy atom. The minimum Gasteiger partial charge on any atom is -0.494 e. The average Bonchev–Trinajstić information content (AvgIpc) is 3.44. The molecule has 0 aliphatic carbocycles. The Kier molecular flexibility index (Phi) is 6.21. The van der Waals surface area contributed by atoms with Gasteiger partial charge >= 0.3 is 5.97 Å². The van der Waals surface area contributed by atoms with Gasteiger partial charge in [-0.05, 0) is 66.9 Å². The number of carbonyl (C=O) groups is 2. The Hall–Kier alpha value is -5.10. The number of rotatable bonds is 6. The molecule has 6 nitrogen and oxygen atoms in total. The second-order valence-corrected chi connectivity index (χ2v) is 9.10. The zero-order valence-corrected chi connectivity index (χ0v) is 21.4. The van der Waals surface area contributed by atoms with Gasteiger partial charge in [-0.2, -0.15) is 0 Å². The number of hydrogen-bond acceptors (Lipinski definition) is 6. The van der Waals surface area contributed by atoms with E-state index >= 15 is 0 Å². The molecule has 0 saturated heterocycles. The summed E-state index contributed by atoms with van der Waals surface area (Å²) in [7, 11) is 0. The average molecular weight is 517 g/mol. The first kappa shape index (κ1) is 24.2. The van der Waals surface area contributed by atoms with Crippen molar-refractivity contribution in [3.05, 3.63) is 119 Å². The lowest BCUT2D eigenvalue weighted by atomic mass is 10.0. The highest BCUT2D eigenvalue weighted by Crippen LogP contribution is 2.36. The van der Waals surface area contributed by atoms with E-state index in [0.29, 0.717) is 46.0 Å². The summed E-state index contributed by atoms with van der Waals surface area (Å²) in [5, 5.41) is 0.611. The molecule has 0 N–H and O–H groups in total. The molecule has 1 aliphatic heterocycles. The van der Waals surface area contributed by atoms with E-state index in [0.717, 1.165) is 16.7 Å². The zero-order valence-electron chi connectivity index (χ0n) is 21.4. The molecule has 0 atom stereocenters. The van der Waals surface area contributed by atoms with Gasteiger partial charge in [-0.15, -0.1) is 0 Å². The van der Waals surface area contributed by atoms with Gasteiger partial charge in [0.1, 0.15) is 34.2 Å². The second kappa shape index (κ2) is 9.99. The van der Waals surface area contributed by atoms with Crippen molar-refractivity contribution in [3.63, 3.8) is 0 Å². The summed E-state index contributed by atoms with van der Waals surface area (Å²) in [5.74, 6) is 1.09. The third kappa shape index (κ3) is 4.68. The highest BCUT2D eigenvalue weighted by atomic mass is 16.5. The lowest BCUT2D eigenvalue weighted by molar-refractivity contribution is 0.0734. The van der Waals surface area contributed by atoms with Crippen LogP contribution in [0, 0.1) is 6.92 Å². The summed E-state index contributed by atoms with van der Waals surface area (Å²) in [6, 6.07) is 28.0. The minimum atomic E-state index is -0.571. The summed E-state index contributed by atoms with van der Waals surface area (Å²) in [6.45, 7) is 4.11. The summed E-state index contributed by atoms with van der Waals surface area (Å²) < 4.78 is 22.9. The lowest BCUT2D eigenvalue weighted by Crippen LogP contribution is -2.09. The van der Waals surface area contributed by atoms with E-state index in [1.165, 1.54) is 0 Å². The van der Waals surface area contributed by atoms with Crippen molar-refractivity contribution in [2.24, 2.45) is 0 Å². The molecule has 192 valence electrons. The van der Waals surface area contributed by atoms with E-state index in [1.54, 1.807) is 49.4 Å². The molecule has 0 fully saturated rings. The Bertz CT molecular complexity index is 1740. The van der Waals surface area contributed by atoms with Crippen LogP contribution in [0.1, 0.15) is 39.0 Å². The van der Waals surface area contributed by atoms with Gasteiger partial charge in [-0.1, -0.05) is 54.6 Å². The van der Waals surface area contributed by atoms with E-state index in [1.807, 2.05) is 61.5 Å². The number of hydrogen-bond donors (Lipinski definition) is 0. The van der Waals surface area contributed by atoms with Crippen LogP contribution < -0.4 is 14.2 Å². The summed E-state index contributed by atoms with van der Waals surface area (Å²) >= 11 is 0. The number of ketones is 1. The van der Waals surface area contributed by atoms with E-state index in [-0.39, 0.29) is 17.3 Å². The molecule has 0 spiro atoms. The van der Waals surface area contributed by atoms with Crippen LogP contribution in [0.4, 0.5) is 0 Å². The maximum Gasteiger partial charge on any atom is 0.347 e. The second-order valence-electron chi connectivity index (χ2n) is 9.10. The maximum atomic E-state index is 13.1. The van der Waals surface area contributed by atoms with Crippen LogP contribution >= 0.6 is 0 Å². The quantitative estimate of drug-likeness (QED) is 0.131. The molecule has 2 heterocycles. The Morgan fingerprint density at radius 1 is 0.872 bits per heavy atom. The predicted molar refractivity (Wildman–Crippen MR) is 148 cm³/mol. The molecular weight excluding hydrogens is 492 g/mol. The van der Waals surface area contributed by atoms with Crippen molar-refractivity contribution in [2.75, 3.05) is 6.61 Å². The van der Waals surface area contributed by atoms with Crippen molar-refractivity contribution in [1.82, 2.24) is 0 Å². The fraction of sp³-hybridized carbons (Fsp3) is 0.0909. The van der Waals surface area contributed by atoms with Crippen LogP contribution in [0.15, 0.2) is 101 Å². The molecule has 1 aliphatic rings. The van der Waals surface area contributed by atoms with Crippen molar-refractivity contribution in [2.45, 2.75) is 13.8 Å². The van der Waals surface area contributed by atoms with Crippen LogP contribution in [0.5, 0.6) is 17.2 Å². The molecule has 6 rings (SSSR count). The lowest BCUT2D eigenvalue weighted by Gasteiger charge is -2.06. The van der Waals surface area contributed by atoms with Crippen molar-refractivity contribution < 1.29 is 28.2 Å². The smallest absolute Gasteiger partial charge is 0.347 e. The SMILES string of the molecule is CCOc1ccc2oc(C)c(C(=O)Oc3ccc4c(c3)O/C(=C\c3ccc(-c5ccccc5)cc3)C4=O)c2c1. The van der Waals surface area contributed by atoms with Crippen LogP contribution in [-0.4, -0.2) is 18.4 Å². The molecular formula is C33H24O6. The van der Waals surface area contributed by atoms with Crippen LogP contribution in [0.3, 0.4) is 0 Å². The molecule has 39 heavy (non-hydrogen) atoms. The summed E-state index contributed by atoms with van der Waals surface area (Å²) in [6.07, 6.45) is 1.71. The Balaban J connectivity index is 1.21. The Labute approximate surface area is 225 Å². The molecule has 0 radical (unpaired) electrons. The van der Waals surface area contributed by atoms with Gasteiger partial charge in [0.05, 0.1) is 12.2 Å². The van der Waals surface area contributed by atoms with Crippen molar-refractivity contribution >= 4 is 28.8 Å². The highest BCUT2D eigenvalue weighted by molar-refractivity contribution is 6.14. The number of ether oxygens (including phenoxy) is 3. The molecule has 6 heteroatoms. The van der Waals surface area contributed by atoms with Gasteiger partial charge in [-0.3, -0.25) is 4.79 Å². The first-order valence-corrected chi connectivity index (χ1v) is 12.6. The largest absolute Gasteiger partial charge is 0.494 e. The molecule has 0 bridgehead atoms. The first-order valence-electron chi connectivity index (χ1n) is 12.6. The number of benzene rings is 4.